The van der Waals surface area contributed by atoms with Gasteiger partial charge in [0, 0.05) is 5.56 Å². The fourth-order valence-electron chi connectivity index (χ4n) is 3.65. The molecular formula is C26H36O4. The van der Waals surface area contributed by atoms with Gasteiger partial charge in [0.15, 0.2) is 5.60 Å². The summed E-state index contributed by atoms with van der Waals surface area (Å²) < 4.78 is 6.06. The summed E-state index contributed by atoms with van der Waals surface area (Å²) in [6, 6.07) is 17.0. The highest BCUT2D eigenvalue weighted by Gasteiger charge is 2.33. The second-order valence-electron chi connectivity index (χ2n) is 7.86. The lowest BCUT2D eigenvalue weighted by Crippen LogP contribution is -2.41. The van der Waals surface area contributed by atoms with Crippen molar-refractivity contribution in [1.82, 2.24) is 0 Å². The Labute approximate surface area is 180 Å². The van der Waals surface area contributed by atoms with E-state index in [9.17, 15) is 15.3 Å². The lowest BCUT2D eigenvalue weighted by Gasteiger charge is -2.31. The molecule has 0 bridgehead atoms. The maximum absolute atomic E-state index is 10.5. The summed E-state index contributed by atoms with van der Waals surface area (Å²) in [4.78, 5) is 0. The van der Waals surface area contributed by atoms with Gasteiger partial charge in [0.25, 0.3) is 0 Å². The zero-order valence-electron chi connectivity index (χ0n) is 18.5. The van der Waals surface area contributed by atoms with Crippen LogP contribution in [0.15, 0.2) is 60.7 Å². The van der Waals surface area contributed by atoms with Gasteiger partial charge in [-0.05, 0) is 55.4 Å². The molecule has 164 valence electrons. The standard InChI is InChI=1S/C26H36O4/c1-4-21(11-10-18-25(29,5-2)6-3)22-14-16-24(17-15-22)30-26(19-27,20-28)23-12-8-7-9-13-23/h7-9,11-17,27-29H,4-6,10,18-20H2,1-3H3/b21-11-. The largest absolute Gasteiger partial charge is 0.478 e. The van der Waals surface area contributed by atoms with Gasteiger partial charge >= 0.3 is 0 Å². The zero-order valence-corrected chi connectivity index (χ0v) is 18.5. The van der Waals surface area contributed by atoms with E-state index in [2.05, 4.69) is 13.0 Å². The van der Waals surface area contributed by atoms with Gasteiger partial charge in [-0.25, -0.2) is 0 Å². The fourth-order valence-corrected chi connectivity index (χ4v) is 3.65. The number of allylic oxidation sites excluding steroid dienone is 2. The average molecular weight is 413 g/mol. The number of hydrogen-bond donors (Lipinski definition) is 3. The molecule has 0 aliphatic carbocycles. The van der Waals surface area contributed by atoms with Crippen molar-refractivity contribution in [2.45, 2.75) is 64.1 Å². The van der Waals surface area contributed by atoms with Crippen molar-refractivity contribution in [3.63, 3.8) is 0 Å². The van der Waals surface area contributed by atoms with Crippen molar-refractivity contribution >= 4 is 5.57 Å². The van der Waals surface area contributed by atoms with E-state index in [0.717, 1.165) is 43.2 Å². The molecule has 3 N–H and O–H groups in total. The number of benzene rings is 2. The highest BCUT2D eigenvalue weighted by atomic mass is 16.5. The van der Waals surface area contributed by atoms with Crippen LogP contribution >= 0.6 is 0 Å². The van der Waals surface area contributed by atoms with Gasteiger partial charge in [0.1, 0.15) is 5.75 Å². The molecule has 2 rings (SSSR count). The number of aliphatic hydroxyl groups is 3. The van der Waals surface area contributed by atoms with Crippen molar-refractivity contribution in [3.05, 3.63) is 71.8 Å². The normalized spacial score (nSPS) is 12.8. The third-order valence-corrected chi connectivity index (χ3v) is 6.05. The van der Waals surface area contributed by atoms with Crippen molar-refractivity contribution in [2.75, 3.05) is 13.2 Å². The molecule has 0 saturated carbocycles. The topological polar surface area (TPSA) is 69.9 Å². The van der Waals surface area contributed by atoms with Crippen LogP contribution in [0.3, 0.4) is 0 Å². The SMILES string of the molecule is CC/C(=C/CCC(O)(CC)CC)c1ccc(OC(CO)(CO)c2ccccc2)cc1. The second-order valence-corrected chi connectivity index (χ2v) is 7.86. The van der Waals surface area contributed by atoms with E-state index < -0.39 is 11.2 Å². The highest BCUT2D eigenvalue weighted by Crippen LogP contribution is 2.30. The van der Waals surface area contributed by atoms with Gasteiger partial charge in [-0.3, -0.25) is 0 Å². The predicted molar refractivity (Wildman–Crippen MR) is 122 cm³/mol. The maximum atomic E-state index is 10.5. The number of rotatable bonds is 12. The van der Waals surface area contributed by atoms with Gasteiger partial charge in [0.05, 0.1) is 18.8 Å². The lowest BCUT2D eigenvalue weighted by atomic mass is 9.90. The third-order valence-electron chi connectivity index (χ3n) is 6.05. The van der Waals surface area contributed by atoms with E-state index >= 15 is 0 Å². The van der Waals surface area contributed by atoms with Crippen LogP contribution in [0.5, 0.6) is 5.75 Å². The molecule has 4 nitrogen and oxygen atoms in total. The molecule has 0 amide bonds. The Balaban J connectivity index is 2.15. The minimum Gasteiger partial charge on any atom is -0.478 e. The molecule has 2 aromatic carbocycles. The number of aliphatic hydroxyl groups excluding tert-OH is 2. The molecule has 0 aliphatic heterocycles. The third kappa shape index (κ3) is 5.94. The molecule has 4 heteroatoms. The molecule has 0 heterocycles. The maximum Gasteiger partial charge on any atom is 0.180 e. The van der Waals surface area contributed by atoms with Gasteiger partial charge in [-0.2, -0.15) is 0 Å². The smallest absolute Gasteiger partial charge is 0.180 e. The van der Waals surface area contributed by atoms with E-state index in [4.69, 9.17) is 4.74 Å². The second kappa shape index (κ2) is 11.3. The Kier molecular flexibility index (Phi) is 9.09. The van der Waals surface area contributed by atoms with Crippen molar-refractivity contribution in [3.8, 4) is 5.75 Å². The Morgan fingerprint density at radius 3 is 2.00 bits per heavy atom. The molecule has 0 fully saturated rings. The first kappa shape index (κ1) is 24.1. The molecule has 0 atom stereocenters. The molecular weight excluding hydrogens is 376 g/mol. The van der Waals surface area contributed by atoms with Crippen LogP contribution in [0.2, 0.25) is 0 Å². The average Bonchev–Trinajstić information content (AvgIpc) is 2.81. The monoisotopic (exact) mass is 412 g/mol. The number of hydrogen-bond acceptors (Lipinski definition) is 4. The lowest BCUT2D eigenvalue weighted by molar-refractivity contribution is -0.0385. The molecule has 0 aliphatic rings. The zero-order chi connectivity index (χ0) is 22.0. The van der Waals surface area contributed by atoms with Crippen LogP contribution in [-0.2, 0) is 5.60 Å². The molecule has 0 aromatic heterocycles. The van der Waals surface area contributed by atoms with Crippen LogP contribution in [-0.4, -0.2) is 34.1 Å². The summed E-state index contributed by atoms with van der Waals surface area (Å²) in [6.07, 6.45) is 6.25. The Morgan fingerprint density at radius 1 is 0.900 bits per heavy atom. The summed E-state index contributed by atoms with van der Waals surface area (Å²) in [5.74, 6) is 0.590. The first-order valence-electron chi connectivity index (χ1n) is 10.9. The van der Waals surface area contributed by atoms with Crippen LogP contribution in [0.25, 0.3) is 5.57 Å². The summed E-state index contributed by atoms with van der Waals surface area (Å²) >= 11 is 0. The molecule has 0 saturated heterocycles. The van der Waals surface area contributed by atoms with E-state index in [1.807, 2.05) is 68.4 Å². The first-order valence-corrected chi connectivity index (χ1v) is 10.9. The minimum absolute atomic E-state index is 0.326. The predicted octanol–water partition coefficient (Wildman–Crippen LogP) is 5.07. The molecule has 2 aromatic rings. The molecule has 0 spiro atoms. The van der Waals surface area contributed by atoms with E-state index in [-0.39, 0.29) is 13.2 Å². The van der Waals surface area contributed by atoms with Crippen LogP contribution in [0.1, 0.15) is 64.0 Å². The molecule has 0 unspecified atom stereocenters. The summed E-state index contributed by atoms with van der Waals surface area (Å²) in [5.41, 5.74) is 1.31. The Bertz CT molecular complexity index is 772. The van der Waals surface area contributed by atoms with Crippen molar-refractivity contribution < 1.29 is 20.1 Å². The van der Waals surface area contributed by atoms with Crippen LogP contribution < -0.4 is 4.74 Å². The molecule has 30 heavy (non-hydrogen) atoms. The van der Waals surface area contributed by atoms with Crippen molar-refractivity contribution in [1.29, 1.82) is 0 Å². The van der Waals surface area contributed by atoms with E-state index in [1.165, 1.54) is 5.57 Å². The van der Waals surface area contributed by atoms with Gasteiger partial charge < -0.3 is 20.1 Å². The van der Waals surface area contributed by atoms with E-state index in [0.29, 0.717) is 5.75 Å². The first-order chi connectivity index (χ1) is 14.5. The fraction of sp³-hybridized carbons (Fsp3) is 0.462. The Hall–Kier alpha value is -2.14. The summed E-state index contributed by atoms with van der Waals surface area (Å²) in [6.45, 7) is 5.53. The summed E-state index contributed by atoms with van der Waals surface area (Å²) in [5, 5.41) is 30.4. The quantitative estimate of drug-likeness (QED) is 0.455. The van der Waals surface area contributed by atoms with Crippen molar-refractivity contribution in [2.24, 2.45) is 0 Å². The summed E-state index contributed by atoms with van der Waals surface area (Å²) in [7, 11) is 0. The van der Waals surface area contributed by atoms with Gasteiger partial charge in [-0.15, -0.1) is 0 Å². The minimum atomic E-state index is -1.18. The van der Waals surface area contributed by atoms with Crippen LogP contribution in [0.4, 0.5) is 0 Å². The van der Waals surface area contributed by atoms with Gasteiger partial charge in [-0.1, -0.05) is 69.3 Å². The molecule has 0 radical (unpaired) electrons. The Morgan fingerprint density at radius 2 is 1.50 bits per heavy atom. The van der Waals surface area contributed by atoms with E-state index in [1.54, 1.807) is 0 Å². The van der Waals surface area contributed by atoms with Crippen LogP contribution in [0, 0.1) is 0 Å². The number of ether oxygens (including phenoxy) is 1. The van der Waals surface area contributed by atoms with Gasteiger partial charge in [0.2, 0.25) is 0 Å². The highest BCUT2D eigenvalue weighted by molar-refractivity contribution is 5.65.